The predicted octanol–water partition coefficient (Wildman–Crippen LogP) is 3.08. The molecule has 23 heavy (non-hydrogen) atoms. The lowest BCUT2D eigenvalue weighted by Crippen LogP contribution is -2.31. The number of fused-ring (bicyclic) bond motifs is 1. The van der Waals surface area contributed by atoms with Gasteiger partial charge in [0.05, 0.1) is 16.3 Å². The first kappa shape index (κ1) is 15.0. The molecule has 1 amide bonds. The Morgan fingerprint density at radius 3 is 2.35 bits per heavy atom. The molecule has 0 atom stereocenters. The Bertz CT molecular complexity index is 743. The molecule has 6 nitrogen and oxygen atoms in total. The van der Waals surface area contributed by atoms with Gasteiger partial charge in [0.15, 0.2) is 0 Å². The summed E-state index contributed by atoms with van der Waals surface area (Å²) in [6.07, 6.45) is 0.865. The van der Waals surface area contributed by atoms with Gasteiger partial charge in [0, 0.05) is 37.8 Å². The van der Waals surface area contributed by atoms with Crippen molar-refractivity contribution in [3.05, 3.63) is 64.2 Å². The Balaban J connectivity index is 1.95. The summed E-state index contributed by atoms with van der Waals surface area (Å²) in [6.45, 7) is 1.50. The smallest absolute Gasteiger partial charge is 0.269 e. The number of para-hydroxylation sites is 2. The van der Waals surface area contributed by atoms with E-state index in [1.54, 1.807) is 4.90 Å². The third kappa shape index (κ3) is 2.88. The first-order valence-electron chi connectivity index (χ1n) is 7.44. The van der Waals surface area contributed by atoms with Crippen LogP contribution < -0.4 is 9.80 Å². The van der Waals surface area contributed by atoms with Crippen LogP contribution in [-0.4, -0.2) is 31.0 Å². The van der Waals surface area contributed by atoms with Gasteiger partial charge in [-0.2, -0.15) is 0 Å². The number of carbonyl (C=O) groups excluding carboxylic acids is 1. The quantitative estimate of drug-likeness (QED) is 0.631. The van der Waals surface area contributed by atoms with Crippen LogP contribution in [-0.2, 0) is 0 Å². The van der Waals surface area contributed by atoms with E-state index >= 15 is 0 Å². The molecule has 0 unspecified atom stereocenters. The van der Waals surface area contributed by atoms with E-state index in [2.05, 4.69) is 4.90 Å². The summed E-state index contributed by atoms with van der Waals surface area (Å²) in [5.41, 5.74) is 2.32. The van der Waals surface area contributed by atoms with Crippen molar-refractivity contribution in [1.29, 1.82) is 0 Å². The van der Waals surface area contributed by atoms with Crippen molar-refractivity contribution in [2.45, 2.75) is 6.42 Å². The van der Waals surface area contributed by atoms with Crippen LogP contribution in [0.3, 0.4) is 0 Å². The average molecular weight is 311 g/mol. The van der Waals surface area contributed by atoms with Crippen LogP contribution in [0.5, 0.6) is 0 Å². The third-order valence-corrected chi connectivity index (χ3v) is 4.03. The number of anilines is 2. The van der Waals surface area contributed by atoms with Gasteiger partial charge < -0.3 is 9.80 Å². The molecule has 1 heterocycles. The number of rotatable bonds is 2. The van der Waals surface area contributed by atoms with Gasteiger partial charge in [-0.1, -0.05) is 12.1 Å². The third-order valence-electron chi connectivity index (χ3n) is 4.03. The maximum Gasteiger partial charge on any atom is 0.269 e. The molecule has 0 fully saturated rings. The van der Waals surface area contributed by atoms with E-state index in [9.17, 15) is 14.9 Å². The molecule has 0 spiro atoms. The largest absolute Gasteiger partial charge is 0.373 e. The van der Waals surface area contributed by atoms with E-state index < -0.39 is 4.92 Å². The highest BCUT2D eigenvalue weighted by molar-refractivity contribution is 6.08. The molecule has 6 heteroatoms. The molecule has 3 rings (SSSR count). The van der Waals surface area contributed by atoms with Gasteiger partial charge in [0.2, 0.25) is 0 Å². The second-order valence-electron chi connectivity index (χ2n) is 5.52. The van der Waals surface area contributed by atoms with Crippen LogP contribution in [0, 0.1) is 10.1 Å². The lowest BCUT2D eigenvalue weighted by atomic mass is 10.1. The number of hydrogen-bond acceptors (Lipinski definition) is 4. The molecular weight excluding hydrogens is 294 g/mol. The number of hydrogen-bond donors (Lipinski definition) is 0. The standard InChI is InChI=1S/C17H17N3O3/c1-18-11-4-12-19(16-6-3-2-5-15(16)18)17(21)13-7-9-14(10-8-13)20(22)23/h2-3,5-10H,4,11-12H2,1H3. The Hall–Kier alpha value is -2.89. The molecule has 118 valence electrons. The van der Waals surface area contributed by atoms with E-state index in [4.69, 9.17) is 0 Å². The minimum Gasteiger partial charge on any atom is -0.373 e. The van der Waals surface area contributed by atoms with Gasteiger partial charge in [-0.25, -0.2) is 0 Å². The minimum absolute atomic E-state index is 0.0162. The van der Waals surface area contributed by atoms with E-state index in [1.165, 1.54) is 24.3 Å². The van der Waals surface area contributed by atoms with Gasteiger partial charge in [0.1, 0.15) is 0 Å². The first-order valence-corrected chi connectivity index (χ1v) is 7.44. The molecule has 0 bridgehead atoms. The number of nitro groups is 1. The number of benzene rings is 2. The van der Waals surface area contributed by atoms with Crippen LogP contribution >= 0.6 is 0 Å². The summed E-state index contributed by atoms with van der Waals surface area (Å²) in [7, 11) is 2.01. The van der Waals surface area contributed by atoms with Crippen molar-refractivity contribution in [1.82, 2.24) is 0 Å². The van der Waals surface area contributed by atoms with Gasteiger partial charge in [-0.3, -0.25) is 14.9 Å². The number of nitro benzene ring substituents is 1. The van der Waals surface area contributed by atoms with Crippen molar-refractivity contribution >= 4 is 23.0 Å². The highest BCUT2D eigenvalue weighted by atomic mass is 16.6. The van der Waals surface area contributed by atoms with Crippen LogP contribution in [0.1, 0.15) is 16.8 Å². The van der Waals surface area contributed by atoms with Crippen LogP contribution in [0.15, 0.2) is 48.5 Å². The molecule has 2 aromatic rings. The fourth-order valence-electron chi connectivity index (χ4n) is 2.81. The molecule has 0 saturated heterocycles. The molecule has 0 aliphatic carbocycles. The van der Waals surface area contributed by atoms with Gasteiger partial charge in [-0.05, 0) is 30.7 Å². The second-order valence-corrected chi connectivity index (χ2v) is 5.52. The Kier molecular flexibility index (Phi) is 3.97. The van der Waals surface area contributed by atoms with Gasteiger partial charge in [-0.15, -0.1) is 0 Å². The van der Waals surface area contributed by atoms with E-state index in [1.807, 2.05) is 31.3 Å². The summed E-state index contributed by atoms with van der Waals surface area (Å²) in [5.74, 6) is -0.136. The zero-order valence-corrected chi connectivity index (χ0v) is 12.8. The first-order chi connectivity index (χ1) is 11.1. The van der Waals surface area contributed by atoms with E-state index in [-0.39, 0.29) is 11.6 Å². The van der Waals surface area contributed by atoms with Crippen molar-refractivity contribution < 1.29 is 9.72 Å². The van der Waals surface area contributed by atoms with Crippen LogP contribution in [0.25, 0.3) is 0 Å². The summed E-state index contributed by atoms with van der Waals surface area (Å²) in [6, 6.07) is 13.5. The summed E-state index contributed by atoms with van der Waals surface area (Å²) in [5, 5.41) is 10.7. The molecule has 2 aromatic carbocycles. The normalized spacial score (nSPS) is 14.1. The highest BCUT2D eigenvalue weighted by Gasteiger charge is 2.24. The second kappa shape index (κ2) is 6.08. The van der Waals surface area contributed by atoms with Gasteiger partial charge >= 0.3 is 0 Å². The highest BCUT2D eigenvalue weighted by Crippen LogP contribution is 2.32. The lowest BCUT2D eigenvalue weighted by Gasteiger charge is -2.24. The van der Waals surface area contributed by atoms with Crippen LogP contribution in [0.2, 0.25) is 0 Å². The van der Waals surface area contributed by atoms with E-state index in [0.717, 1.165) is 24.3 Å². The number of carbonyl (C=O) groups is 1. The maximum absolute atomic E-state index is 12.8. The molecular formula is C17H17N3O3. The maximum atomic E-state index is 12.8. The number of nitrogens with zero attached hydrogens (tertiary/aromatic N) is 3. The fraction of sp³-hybridized carbons (Fsp3) is 0.235. The molecule has 1 aliphatic rings. The van der Waals surface area contributed by atoms with Crippen molar-refractivity contribution in [3.8, 4) is 0 Å². The average Bonchev–Trinajstić information content (AvgIpc) is 2.74. The van der Waals surface area contributed by atoms with Crippen molar-refractivity contribution in [2.24, 2.45) is 0 Å². The molecule has 0 aromatic heterocycles. The fourth-order valence-corrected chi connectivity index (χ4v) is 2.81. The zero-order chi connectivity index (χ0) is 16.4. The summed E-state index contributed by atoms with van der Waals surface area (Å²) >= 11 is 0. The molecule has 0 radical (unpaired) electrons. The molecule has 0 N–H and O–H groups in total. The SMILES string of the molecule is CN1CCCN(C(=O)c2ccc([N+](=O)[O-])cc2)c2ccccc21. The van der Waals surface area contributed by atoms with Crippen molar-refractivity contribution in [3.63, 3.8) is 0 Å². The Labute approximate surface area is 134 Å². The summed E-state index contributed by atoms with van der Waals surface area (Å²) < 4.78 is 0. The molecule has 0 saturated carbocycles. The minimum atomic E-state index is -0.468. The zero-order valence-electron chi connectivity index (χ0n) is 12.8. The topological polar surface area (TPSA) is 66.7 Å². The lowest BCUT2D eigenvalue weighted by molar-refractivity contribution is -0.384. The van der Waals surface area contributed by atoms with E-state index in [0.29, 0.717) is 12.1 Å². The van der Waals surface area contributed by atoms with Crippen molar-refractivity contribution in [2.75, 3.05) is 29.9 Å². The number of amides is 1. The summed E-state index contributed by atoms with van der Waals surface area (Å²) in [4.78, 5) is 27.0. The van der Waals surface area contributed by atoms with Crippen LogP contribution in [0.4, 0.5) is 17.1 Å². The monoisotopic (exact) mass is 311 g/mol. The predicted molar refractivity (Wildman–Crippen MR) is 89.1 cm³/mol. The Morgan fingerprint density at radius 1 is 1.04 bits per heavy atom. The number of non-ortho nitro benzene ring substituents is 1. The Morgan fingerprint density at radius 2 is 1.70 bits per heavy atom. The van der Waals surface area contributed by atoms with Gasteiger partial charge in [0.25, 0.3) is 11.6 Å². The molecule has 1 aliphatic heterocycles.